The number of benzene rings is 1. The van der Waals surface area contributed by atoms with Gasteiger partial charge in [0.25, 0.3) is 0 Å². The topological polar surface area (TPSA) is 89.2 Å². The molecule has 0 fully saturated rings. The number of rotatable bonds is 3. The van der Waals surface area contributed by atoms with E-state index in [2.05, 4.69) is 10.4 Å². The zero-order chi connectivity index (χ0) is 15.0. The molecule has 0 saturated carbocycles. The third kappa shape index (κ3) is 1.86. The van der Waals surface area contributed by atoms with Crippen molar-refractivity contribution >= 4 is 16.9 Å². The van der Waals surface area contributed by atoms with Crippen LogP contribution in [0, 0.1) is 0 Å². The van der Waals surface area contributed by atoms with Crippen molar-refractivity contribution in [3.05, 3.63) is 58.8 Å². The van der Waals surface area contributed by atoms with Crippen LogP contribution in [-0.4, -0.2) is 32.4 Å². The molecule has 7 heteroatoms. The lowest BCUT2D eigenvalue weighted by molar-refractivity contribution is 0.0695. The quantitative estimate of drug-likeness (QED) is 0.750. The molecule has 0 unspecified atom stereocenters. The van der Waals surface area contributed by atoms with Crippen LogP contribution in [0.15, 0.2) is 47.8 Å². The van der Waals surface area contributed by atoms with Crippen LogP contribution in [0.2, 0.25) is 0 Å². The van der Waals surface area contributed by atoms with Crippen molar-refractivity contribution in [1.82, 2.24) is 14.2 Å². The predicted octanol–water partition coefficient (Wildman–Crippen LogP) is 1.06. The fourth-order valence-electron chi connectivity index (χ4n) is 2.37. The SMILES string of the molecule is CNn1c(-n2ccnc2)c(C(=O)O)c(=O)c2ccccc21. The molecule has 2 aromatic heterocycles. The van der Waals surface area contributed by atoms with E-state index >= 15 is 0 Å². The fourth-order valence-corrected chi connectivity index (χ4v) is 2.37. The van der Waals surface area contributed by atoms with E-state index < -0.39 is 11.4 Å². The Morgan fingerprint density at radius 2 is 2.10 bits per heavy atom. The van der Waals surface area contributed by atoms with Gasteiger partial charge in [0.15, 0.2) is 11.4 Å². The lowest BCUT2D eigenvalue weighted by atomic mass is 10.1. The minimum atomic E-state index is -1.28. The molecular formula is C14H12N4O3. The van der Waals surface area contributed by atoms with Crippen LogP contribution in [0.1, 0.15) is 10.4 Å². The number of fused-ring (bicyclic) bond motifs is 1. The normalized spacial score (nSPS) is 10.7. The standard InChI is InChI=1S/C14H12N4O3/c1-15-18-10-5-3-2-4-9(10)12(19)11(14(20)21)13(18)17-7-6-16-8-17/h2-8,15H,1H3,(H,20,21). The second-order valence-corrected chi connectivity index (χ2v) is 4.38. The molecule has 0 bridgehead atoms. The summed E-state index contributed by atoms with van der Waals surface area (Å²) in [6.07, 6.45) is 4.55. The van der Waals surface area contributed by atoms with Gasteiger partial charge in [-0.25, -0.2) is 14.5 Å². The van der Waals surface area contributed by atoms with Crippen LogP contribution in [0.3, 0.4) is 0 Å². The van der Waals surface area contributed by atoms with Gasteiger partial charge in [0, 0.05) is 24.8 Å². The van der Waals surface area contributed by atoms with Crippen molar-refractivity contribution in [2.45, 2.75) is 0 Å². The summed E-state index contributed by atoms with van der Waals surface area (Å²) in [6, 6.07) is 6.84. The molecule has 7 nitrogen and oxygen atoms in total. The molecule has 0 aliphatic heterocycles. The van der Waals surface area contributed by atoms with Crippen molar-refractivity contribution < 1.29 is 9.90 Å². The van der Waals surface area contributed by atoms with Crippen LogP contribution in [0.25, 0.3) is 16.7 Å². The molecule has 0 atom stereocenters. The number of pyridine rings is 1. The van der Waals surface area contributed by atoms with Crippen molar-refractivity contribution in [3.8, 4) is 5.82 Å². The highest BCUT2D eigenvalue weighted by Gasteiger charge is 2.22. The van der Waals surface area contributed by atoms with Crippen LogP contribution in [0.5, 0.6) is 0 Å². The summed E-state index contributed by atoms with van der Waals surface area (Å²) in [5.41, 5.74) is 2.69. The third-order valence-corrected chi connectivity index (χ3v) is 3.24. The van der Waals surface area contributed by atoms with Gasteiger partial charge in [-0.1, -0.05) is 12.1 Å². The smallest absolute Gasteiger partial charge is 0.343 e. The molecule has 3 aromatic rings. The maximum Gasteiger partial charge on any atom is 0.343 e. The van der Waals surface area contributed by atoms with Gasteiger partial charge in [0.1, 0.15) is 6.33 Å². The first kappa shape index (κ1) is 12.9. The number of nitrogens with zero attached hydrogens (tertiary/aromatic N) is 3. The summed E-state index contributed by atoms with van der Waals surface area (Å²) in [4.78, 5) is 28.0. The largest absolute Gasteiger partial charge is 0.477 e. The van der Waals surface area contributed by atoms with Crippen molar-refractivity contribution in [2.75, 3.05) is 12.5 Å². The molecule has 21 heavy (non-hydrogen) atoms. The van der Waals surface area contributed by atoms with Gasteiger partial charge < -0.3 is 10.5 Å². The Morgan fingerprint density at radius 1 is 1.33 bits per heavy atom. The molecule has 106 valence electrons. The van der Waals surface area contributed by atoms with Gasteiger partial charge >= 0.3 is 5.97 Å². The van der Waals surface area contributed by atoms with Gasteiger partial charge in [-0.15, -0.1) is 0 Å². The number of hydrogen-bond donors (Lipinski definition) is 2. The van der Waals surface area contributed by atoms with Gasteiger partial charge in [0.2, 0.25) is 5.43 Å². The van der Waals surface area contributed by atoms with Crippen LogP contribution in [-0.2, 0) is 0 Å². The third-order valence-electron chi connectivity index (χ3n) is 3.24. The number of nitrogens with one attached hydrogen (secondary N) is 1. The maximum atomic E-state index is 12.5. The van der Waals surface area contributed by atoms with Crippen molar-refractivity contribution in [3.63, 3.8) is 0 Å². The average Bonchev–Trinajstić information content (AvgIpc) is 3.00. The monoisotopic (exact) mass is 284 g/mol. The van der Waals surface area contributed by atoms with Crippen LogP contribution in [0.4, 0.5) is 0 Å². The number of aromatic carboxylic acids is 1. The highest BCUT2D eigenvalue weighted by molar-refractivity contribution is 5.96. The van der Waals surface area contributed by atoms with E-state index in [1.165, 1.54) is 17.1 Å². The molecule has 0 aliphatic rings. The van der Waals surface area contributed by atoms with E-state index in [-0.39, 0.29) is 11.4 Å². The van der Waals surface area contributed by atoms with Crippen LogP contribution < -0.4 is 10.9 Å². The number of carboxylic acids is 1. The zero-order valence-corrected chi connectivity index (χ0v) is 11.1. The fraction of sp³-hybridized carbons (Fsp3) is 0.0714. The highest BCUT2D eigenvalue weighted by atomic mass is 16.4. The number of carbonyl (C=O) groups is 1. The average molecular weight is 284 g/mol. The summed E-state index contributed by atoms with van der Waals surface area (Å²) in [7, 11) is 1.66. The van der Waals surface area contributed by atoms with Crippen molar-refractivity contribution in [1.29, 1.82) is 0 Å². The molecule has 0 spiro atoms. The first-order chi connectivity index (χ1) is 10.1. The van der Waals surface area contributed by atoms with Gasteiger partial charge in [-0.2, -0.15) is 0 Å². The van der Waals surface area contributed by atoms with E-state index in [9.17, 15) is 14.7 Å². The predicted molar refractivity (Wildman–Crippen MR) is 77.6 cm³/mol. The van der Waals surface area contributed by atoms with Gasteiger partial charge in [-0.05, 0) is 12.1 Å². The highest BCUT2D eigenvalue weighted by Crippen LogP contribution is 2.18. The molecule has 0 radical (unpaired) electrons. The number of aromatic nitrogens is 3. The Bertz CT molecular complexity index is 881. The Morgan fingerprint density at radius 3 is 2.71 bits per heavy atom. The van der Waals surface area contributed by atoms with E-state index in [0.29, 0.717) is 10.9 Å². The van der Waals surface area contributed by atoms with Crippen molar-refractivity contribution in [2.24, 2.45) is 0 Å². The lowest BCUT2D eigenvalue weighted by Gasteiger charge is -2.18. The number of imidazole rings is 1. The summed E-state index contributed by atoms with van der Waals surface area (Å²) in [5, 5.41) is 9.79. The second-order valence-electron chi connectivity index (χ2n) is 4.38. The van der Waals surface area contributed by atoms with Gasteiger partial charge in [0.05, 0.1) is 5.52 Å². The molecule has 1 aromatic carbocycles. The Balaban J connectivity index is 2.57. The molecule has 0 saturated heterocycles. The Kier molecular flexibility index (Phi) is 2.94. The second kappa shape index (κ2) is 4.78. The van der Waals surface area contributed by atoms with E-state index in [4.69, 9.17) is 0 Å². The minimum absolute atomic E-state index is 0.214. The Hall–Kier alpha value is -3.09. The minimum Gasteiger partial charge on any atom is -0.477 e. The Labute approximate surface area is 119 Å². The summed E-state index contributed by atoms with van der Waals surface area (Å²) >= 11 is 0. The maximum absolute atomic E-state index is 12.5. The summed E-state index contributed by atoms with van der Waals surface area (Å²) in [6.45, 7) is 0. The van der Waals surface area contributed by atoms with Crippen LogP contribution >= 0.6 is 0 Å². The number of para-hydroxylation sites is 1. The molecule has 3 rings (SSSR count). The lowest BCUT2D eigenvalue weighted by Crippen LogP contribution is -2.27. The zero-order valence-electron chi connectivity index (χ0n) is 11.1. The first-order valence-corrected chi connectivity index (χ1v) is 6.22. The first-order valence-electron chi connectivity index (χ1n) is 6.22. The molecule has 2 heterocycles. The summed E-state index contributed by atoms with van der Waals surface area (Å²) < 4.78 is 3.05. The molecule has 2 N–H and O–H groups in total. The van der Waals surface area contributed by atoms with Gasteiger partial charge in [-0.3, -0.25) is 9.36 Å². The summed E-state index contributed by atoms with van der Waals surface area (Å²) in [5.74, 6) is -1.07. The number of carboxylic acid groups (broad SMARTS) is 1. The number of hydrogen-bond acceptors (Lipinski definition) is 4. The molecule has 0 aliphatic carbocycles. The van der Waals surface area contributed by atoms with E-state index in [1.54, 1.807) is 42.2 Å². The molecular weight excluding hydrogens is 272 g/mol. The van der Waals surface area contributed by atoms with E-state index in [1.807, 2.05) is 0 Å². The molecule has 0 amide bonds. The van der Waals surface area contributed by atoms with E-state index in [0.717, 1.165) is 0 Å².